The van der Waals surface area contributed by atoms with Gasteiger partial charge in [-0.05, 0) is 36.2 Å². The van der Waals surface area contributed by atoms with Gasteiger partial charge in [-0.1, -0.05) is 34.3 Å². The van der Waals surface area contributed by atoms with Crippen molar-refractivity contribution < 1.29 is 31.4 Å². The summed E-state index contributed by atoms with van der Waals surface area (Å²) in [5, 5.41) is 0.462. The number of halogens is 7. The van der Waals surface area contributed by atoms with Gasteiger partial charge in [0.15, 0.2) is 11.2 Å². The summed E-state index contributed by atoms with van der Waals surface area (Å²) >= 11 is 4.18. The zero-order valence-electron chi connectivity index (χ0n) is 20.7. The van der Waals surface area contributed by atoms with Crippen molar-refractivity contribution in [2.45, 2.75) is 36.2 Å². The Hall–Kier alpha value is -3.27. The highest BCUT2D eigenvalue weighted by Gasteiger charge is 2.29. The number of hydrogen-bond acceptors (Lipinski definition) is 5. The zero-order chi connectivity index (χ0) is 29.2. The Kier molecular flexibility index (Phi) is 8.68. The number of benzene rings is 2. The molecule has 0 radical (unpaired) electrons. The van der Waals surface area contributed by atoms with Crippen molar-refractivity contribution in [1.29, 1.82) is 0 Å². The molecule has 0 amide bonds. The second-order valence-electron chi connectivity index (χ2n) is 8.55. The monoisotopic (exact) mass is 698 g/mol. The summed E-state index contributed by atoms with van der Waals surface area (Å²) < 4.78 is 79.2. The fraction of sp³-hybridized carbons (Fsp3) is 0.280. The lowest BCUT2D eigenvalue weighted by molar-refractivity contribution is -0.136. The smallest absolute Gasteiger partial charge is 0.425 e. The van der Waals surface area contributed by atoms with E-state index in [-0.39, 0.29) is 35.2 Å². The molecule has 0 aliphatic rings. The molecule has 4 rings (SSSR count). The molecule has 0 spiro atoms. The molecule has 0 aliphatic heterocycles. The molecule has 0 aliphatic carbocycles. The minimum absolute atomic E-state index is 0.000795. The maximum atomic E-state index is 13.8. The Bertz CT molecular complexity index is 1670. The second-order valence-corrected chi connectivity index (χ2v) is 11.0. The minimum Gasteiger partial charge on any atom is -0.425 e. The second kappa shape index (κ2) is 11.7. The number of alkyl halides is 6. The number of nitrogens with zero attached hydrogens (tertiary/aromatic N) is 4. The summed E-state index contributed by atoms with van der Waals surface area (Å²) in [5.74, 6) is -0.149. The largest absolute Gasteiger partial charge is 0.445 e. The van der Waals surface area contributed by atoms with Crippen molar-refractivity contribution in [3.8, 4) is 17.5 Å². The van der Waals surface area contributed by atoms with Gasteiger partial charge in [0.1, 0.15) is 11.5 Å². The van der Waals surface area contributed by atoms with Gasteiger partial charge in [0.2, 0.25) is 0 Å². The first-order chi connectivity index (χ1) is 18.8. The lowest BCUT2D eigenvalue weighted by Crippen LogP contribution is -2.40. The third-order valence-corrected chi connectivity index (χ3v) is 7.06. The van der Waals surface area contributed by atoms with Crippen LogP contribution in [0.3, 0.4) is 0 Å². The van der Waals surface area contributed by atoms with Crippen LogP contribution >= 0.6 is 32.3 Å². The van der Waals surface area contributed by atoms with Crippen molar-refractivity contribution in [2.75, 3.05) is 0 Å². The SMILES string of the molecule is C=IC(F)(F)Oc1cccc(Oc2nc3c(c(=O)n(CCCC(F)(F)F)c(=O)n3C)n2Cc2ccc(Cl)cc2)c1. The quantitative estimate of drug-likeness (QED) is 0.114. The Morgan fingerprint density at radius 3 is 2.35 bits per heavy atom. The van der Waals surface area contributed by atoms with Gasteiger partial charge in [-0.25, -0.2) is 4.79 Å². The van der Waals surface area contributed by atoms with Crippen LogP contribution < -0.4 is 20.7 Å². The first-order valence-electron chi connectivity index (χ1n) is 11.5. The van der Waals surface area contributed by atoms with E-state index in [4.69, 9.17) is 21.1 Å². The fourth-order valence-electron chi connectivity index (χ4n) is 3.85. The summed E-state index contributed by atoms with van der Waals surface area (Å²) in [4.78, 5) is 30.7. The maximum absolute atomic E-state index is 13.8. The van der Waals surface area contributed by atoms with Gasteiger partial charge in [-0.3, -0.25) is 18.5 Å². The topological polar surface area (TPSA) is 80.3 Å². The van der Waals surface area contributed by atoms with Crippen LogP contribution in [0.4, 0.5) is 22.0 Å². The summed E-state index contributed by atoms with van der Waals surface area (Å²) in [6, 6.07) is 11.8. The number of ether oxygens (including phenoxy) is 2. The number of aromatic nitrogens is 4. The molecule has 0 fully saturated rings. The minimum atomic E-state index is -4.45. The molecular formula is C25H21ClF5IN4O4. The van der Waals surface area contributed by atoms with Crippen molar-refractivity contribution >= 4 is 48.0 Å². The molecule has 0 saturated carbocycles. The number of hydrogen-bond donors (Lipinski definition) is 0. The van der Waals surface area contributed by atoms with Crippen LogP contribution in [-0.2, 0) is 20.1 Å². The molecule has 0 saturated heterocycles. The molecule has 8 nitrogen and oxygen atoms in total. The summed E-state index contributed by atoms with van der Waals surface area (Å²) in [6.07, 6.45) is -6.10. The van der Waals surface area contributed by atoms with E-state index in [1.807, 2.05) is 0 Å². The zero-order valence-corrected chi connectivity index (χ0v) is 23.6. The van der Waals surface area contributed by atoms with Crippen molar-refractivity contribution in [2.24, 2.45) is 7.05 Å². The molecule has 15 heteroatoms. The Labute approximate surface area is 238 Å². The molecule has 2 aromatic carbocycles. The molecule has 0 atom stereocenters. The lowest BCUT2D eigenvalue weighted by atomic mass is 10.2. The predicted octanol–water partition coefficient (Wildman–Crippen LogP) is 6.07. The van der Waals surface area contributed by atoms with Gasteiger partial charge < -0.3 is 9.47 Å². The van der Waals surface area contributed by atoms with E-state index in [1.54, 1.807) is 24.3 Å². The van der Waals surface area contributed by atoms with E-state index in [0.717, 1.165) is 9.13 Å². The van der Waals surface area contributed by atoms with Crippen molar-refractivity contribution in [1.82, 2.24) is 18.7 Å². The van der Waals surface area contributed by atoms with Gasteiger partial charge in [0.25, 0.3) is 5.56 Å². The Morgan fingerprint density at radius 2 is 1.70 bits per heavy atom. The van der Waals surface area contributed by atoms with E-state index in [9.17, 15) is 31.5 Å². The van der Waals surface area contributed by atoms with Gasteiger partial charge in [0, 0.05) is 51.8 Å². The molecule has 40 heavy (non-hydrogen) atoms. The molecule has 214 valence electrons. The highest BCUT2D eigenvalue weighted by Crippen LogP contribution is 2.33. The van der Waals surface area contributed by atoms with Crippen LogP contribution in [0.2, 0.25) is 5.02 Å². The number of fused-ring (bicyclic) bond motifs is 1. The molecule has 2 heterocycles. The van der Waals surface area contributed by atoms with E-state index in [0.29, 0.717) is 10.6 Å². The van der Waals surface area contributed by atoms with Crippen molar-refractivity contribution in [3.63, 3.8) is 0 Å². The Morgan fingerprint density at radius 1 is 1.02 bits per heavy atom. The first kappa shape index (κ1) is 29.7. The van der Waals surface area contributed by atoms with Gasteiger partial charge in [-0.2, -0.15) is 26.9 Å². The number of imidazole rings is 1. The van der Waals surface area contributed by atoms with Gasteiger partial charge in [-0.15, -0.1) is 0 Å². The average Bonchev–Trinajstić information content (AvgIpc) is 3.23. The number of aryl methyl sites for hydroxylation is 1. The van der Waals surface area contributed by atoms with E-state index >= 15 is 0 Å². The summed E-state index contributed by atoms with van der Waals surface area (Å²) in [7, 11) is 1.33. The summed E-state index contributed by atoms with van der Waals surface area (Å²) in [6.45, 7) is -0.467. The van der Waals surface area contributed by atoms with Gasteiger partial charge in [0.05, 0.1) is 6.54 Å². The third kappa shape index (κ3) is 6.89. The maximum Gasteiger partial charge on any atom is 0.445 e. The van der Waals surface area contributed by atoms with Gasteiger partial charge >= 0.3 is 22.0 Å². The third-order valence-electron chi connectivity index (χ3n) is 5.70. The van der Waals surface area contributed by atoms with Crippen LogP contribution in [0.1, 0.15) is 18.4 Å². The predicted molar refractivity (Wildman–Crippen MR) is 148 cm³/mol. The lowest BCUT2D eigenvalue weighted by Gasteiger charge is -2.14. The van der Waals surface area contributed by atoms with E-state index in [1.165, 1.54) is 35.9 Å². The van der Waals surface area contributed by atoms with E-state index < -0.39 is 61.7 Å². The normalized spacial score (nSPS) is 12.2. The van der Waals surface area contributed by atoms with Crippen molar-refractivity contribution in [3.05, 3.63) is 80.0 Å². The molecule has 0 bridgehead atoms. The summed E-state index contributed by atoms with van der Waals surface area (Å²) in [5.41, 5.74) is -1.22. The van der Waals surface area contributed by atoms with Crippen LogP contribution in [-0.4, -0.2) is 33.5 Å². The Balaban J connectivity index is 1.83. The average molecular weight is 699 g/mol. The van der Waals surface area contributed by atoms with E-state index in [2.05, 4.69) is 9.50 Å². The standard InChI is InChI=1S/C25H21ClF5IN4O4/c1-32-25(30,31)40-18-6-3-5-17(13-18)39-22-33-20-19(36(22)14-15-7-9-16(26)10-8-15)21(37)35(23(38)34(20)2)12-4-11-24(27,28)29/h3,5-10,13H,1,4,11-12,14H2,2H3. The molecule has 2 aromatic heterocycles. The molecular weight excluding hydrogens is 678 g/mol. The van der Waals surface area contributed by atoms with Crippen LogP contribution in [0, 0.1) is 0 Å². The molecule has 4 aromatic rings. The first-order valence-corrected chi connectivity index (χ1v) is 14.5. The van der Waals surface area contributed by atoms with Crippen LogP contribution in [0.15, 0.2) is 58.1 Å². The molecule has 0 unspecified atom stereocenters. The molecule has 0 N–H and O–H groups in total. The fourth-order valence-corrected chi connectivity index (χ4v) is 4.39. The number of rotatable bonds is 10. The highest BCUT2D eigenvalue weighted by molar-refractivity contribution is 14.2. The van der Waals surface area contributed by atoms with Crippen LogP contribution in [0.25, 0.3) is 11.2 Å². The highest BCUT2D eigenvalue weighted by atomic mass is 127. The van der Waals surface area contributed by atoms with Crippen LogP contribution in [0.5, 0.6) is 17.5 Å².